The van der Waals surface area contributed by atoms with Crippen LogP contribution in [0.3, 0.4) is 0 Å². The topological polar surface area (TPSA) is 58.5 Å². The van der Waals surface area contributed by atoms with Crippen molar-refractivity contribution in [1.82, 2.24) is 0 Å². The Morgan fingerprint density at radius 2 is 2.24 bits per heavy atom. The number of benzene rings is 1. The van der Waals surface area contributed by atoms with Crippen LogP contribution in [0.15, 0.2) is 27.5 Å². The van der Waals surface area contributed by atoms with E-state index in [1.54, 1.807) is 23.9 Å². The monoisotopic (exact) mass is 290 g/mol. The number of hydrogen-bond acceptors (Lipinski definition) is 4. The molecular formula is C10H11ClN2O2S2. The molecule has 17 heavy (non-hydrogen) atoms. The number of amidine groups is 1. The lowest BCUT2D eigenvalue weighted by Gasteiger charge is -2.17. The maximum Gasteiger partial charge on any atom is 0.286 e. The van der Waals surface area contributed by atoms with Crippen LogP contribution >= 0.6 is 23.4 Å². The van der Waals surface area contributed by atoms with E-state index in [1.807, 2.05) is 6.92 Å². The summed E-state index contributed by atoms with van der Waals surface area (Å²) in [5.41, 5.74) is 0.499. The number of halogens is 1. The average Bonchev–Trinajstić information content (AvgIpc) is 2.24. The van der Waals surface area contributed by atoms with E-state index in [-0.39, 0.29) is 4.90 Å². The maximum absolute atomic E-state index is 11.9. The number of anilines is 1. The Morgan fingerprint density at radius 1 is 1.47 bits per heavy atom. The van der Waals surface area contributed by atoms with Crippen LogP contribution < -0.4 is 5.32 Å². The first-order chi connectivity index (χ1) is 8.03. The molecule has 0 aliphatic carbocycles. The van der Waals surface area contributed by atoms with E-state index in [0.717, 1.165) is 5.75 Å². The van der Waals surface area contributed by atoms with Gasteiger partial charge in [0.05, 0.1) is 11.4 Å². The lowest BCUT2D eigenvalue weighted by Crippen LogP contribution is -2.23. The van der Waals surface area contributed by atoms with E-state index in [2.05, 4.69) is 9.71 Å². The Hall–Kier alpha value is -0.720. The molecule has 1 aliphatic heterocycles. The van der Waals surface area contributed by atoms with Gasteiger partial charge < -0.3 is 5.32 Å². The molecule has 0 bridgehead atoms. The minimum absolute atomic E-state index is 0.173. The zero-order chi connectivity index (χ0) is 12.5. The van der Waals surface area contributed by atoms with Crippen molar-refractivity contribution in [1.29, 1.82) is 0 Å². The molecule has 7 heteroatoms. The van der Waals surface area contributed by atoms with Crippen LogP contribution in [0.1, 0.15) is 6.92 Å². The number of sulfonamides is 1. The Morgan fingerprint density at radius 3 is 2.94 bits per heavy atom. The van der Waals surface area contributed by atoms with Gasteiger partial charge in [-0.15, -0.1) is 4.40 Å². The molecule has 1 aromatic rings. The summed E-state index contributed by atoms with van der Waals surface area (Å²) in [4.78, 5) is 0.173. The van der Waals surface area contributed by atoms with Gasteiger partial charge in [0, 0.05) is 5.02 Å². The first-order valence-electron chi connectivity index (χ1n) is 5.01. The Labute approximate surface area is 110 Å². The van der Waals surface area contributed by atoms with Crippen molar-refractivity contribution in [2.75, 3.05) is 16.8 Å². The van der Waals surface area contributed by atoms with E-state index >= 15 is 0 Å². The van der Waals surface area contributed by atoms with Gasteiger partial charge >= 0.3 is 0 Å². The van der Waals surface area contributed by atoms with E-state index < -0.39 is 10.0 Å². The molecule has 0 atom stereocenters. The Bertz CT molecular complexity index is 570. The summed E-state index contributed by atoms with van der Waals surface area (Å²) in [6, 6.07) is 4.61. The fourth-order valence-corrected chi connectivity index (χ4v) is 3.37. The highest BCUT2D eigenvalue weighted by Gasteiger charge is 2.24. The second kappa shape index (κ2) is 4.88. The SMILES string of the molecule is CCSCC1=NS(=O)(=O)c2ccc(Cl)cc2N1. The molecule has 1 heterocycles. The maximum atomic E-state index is 11.9. The fraction of sp³-hybridized carbons (Fsp3) is 0.300. The molecule has 1 aromatic carbocycles. The third kappa shape index (κ3) is 2.75. The fourth-order valence-electron chi connectivity index (χ4n) is 1.46. The number of hydrogen-bond donors (Lipinski definition) is 1. The van der Waals surface area contributed by atoms with Crippen LogP contribution in [-0.4, -0.2) is 25.8 Å². The van der Waals surface area contributed by atoms with E-state index in [9.17, 15) is 8.42 Å². The average molecular weight is 291 g/mol. The molecular weight excluding hydrogens is 280 g/mol. The quantitative estimate of drug-likeness (QED) is 0.930. The van der Waals surface area contributed by atoms with Crippen LogP contribution in [0.25, 0.3) is 0 Å². The highest BCUT2D eigenvalue weighted by Crippen LogP contribution is 2.30. The predicted octanol–water partition coefficient (Wildman–Crippen LogP) is 2.61. The lowest BCUT2D eigenvalue weighted by atomic mass is 10.3. The molecule has 0 amide bonds. The van der Waals surface area contributed by atoms with Gasteiger partial charge in [0.15, 0.2) is 0 Å². The van der Waals surface area contributed by atoms with E-state index in [1.165, 1.54) is 6.07 Å². The summed E-state index contributed by atoms with van der Waals surface area (Å²) in [5.74, 6) is 1.90. The second-order valence-electron chi connectivity index (χ2n) is 3.42. The molecule has 0 spiro atoms. The summed E-state index contributed by atoms with van der Waals surface area (Å²) < 4.78 is 27.5. The normalized spacial score (nSPS) is 16.9. The molecule has 0 fully saturated rings. The van der Waals surface area contributed by atoms with Crippen molar-refractivity contribution in [3.8, 4) is 0 Å². The number of fused-ring (bicyclic) bond motifs is 1. The third-order valence-corrected chi connectivity index (χ3v) is 4.67. The van der Waals surface area contributed by atoms with Gasteiger partial charge in [0.25, 0.3) is 10.0 Å². The number of rotatable bonds is 3. The third-order valence-electron chi connectivity index (χ3n) is 2.17. The van der Waals surface area contributed by atoms with Crippen molar-refractivity contribution in [3.05, 3.63) is 23.2 Å². The first kappa shape index (κ1) is 12.7. The number of thioether (sulfide) groups is 1. The van der Waals surface area contributed by atoms with Gasteiger partial charge in [0.2, 0.25) is 0 Å². The zero-order valence-electron chi connectivity index (χ0n) is 9.10. The van der Waals surface area contributed by atoms with Crippen LogP contribution in [0.2, 0.25) is 5.02 Å². The van der Waals surface area contributed by atoms with Gasteiger partial charge in [-0.05, 0) is 24.0 Å². The van der Waals surface area contributed by atoms with Gasteiger partial charge in [-0.2, -0.15) is 20.2 Å². The molecule has 4 nitrogen and oxygen atoms in total. The van der Waals surface area contributed by atoms with Crippen molar-refractivity contribution in [2.45, 2.75) is 11.8 Å². The van der Waals surface area contributed by atoms with Gasteiger partial charge in [-0.25, -0.2) is 0 Å². The van der Waals surface area contributed by atoms with Gasteiger partial charge in [0.1, 0.15) is 10.7 Å². The minimum atomic E-state index is -3.58. The summed E-state index contributed by atoms with van der Waals surface area (Å²) >= 11 is 7.45. The molecule has 92 valence electrons. The Kier molecular flexibility index (Phi) is 3.65. The highest BCUT2D eigenvalue weighted by atomic mass is 35.5. The number of nitrogens with one attached hydrogen (secondary N) is 1. The molecule has 1 N–H and O–H groups in total. The van der Waals surface area contributed by atoms with Crippen LogP contribution in [0, 0.1) is 0 Å². The van der Waals surface area contributed by atoms with Crippen molar-refractivity contribution in [2.24, 2.45) is 4.40 Å². The molecule has 0 saturated carbocycles. The molecule has 0 aromatic heterocycles. The molecule has 0 saturated heterocycles. The second-order valence-corrected chi connectivity index (χ2v) is 6.70. The van der Waals surface area contributed by atoms with Crippen molar-refractivity contribution >= 4 is 44.9 Å². The van der Waals surface area contributed by atoms with Gasteiger partial charge in [-0.1, -0.05) is 18.5 Å². The molecule has 0 unspecified atom stereocenters. The first-order valence-corrected chi connectivity index (χ1v) is 7.98. The van der Waals surface area contributed by atoms with Crippen molar-refractivity contribution < 1.29 is 8.42 Å². The summed E-state index contributed by atoms with van der Waals surface area (Å²) in [7, 11) is -3.58. The molecule has 2 rings (SSSR count). The lowest BCUT2D eigenvalue weighted by molar-refractivity contribution is 0.598. The largest absolute Gasteiger partial charge is 0.341 e. The molecule has 1 aliphatic rings. The van der Waals surface area contributed by atoms with Crippen LogP contribution in [0.5, 0.6) is 0 Å². The van der Waals surface area contributed by atoms with Crippen LogP contribution in [0.4, 0.5) is 5.69 Å². The zero-order valence-corrected chi connectivity index (χ0v) is 11.5. The smallest absolute Gasteiger partial charge is 0.286 e. The summed E-state index contributed by atoms with van der Waals surface area (Å²) in [6.45, 7) is 2.01. The predicted molar refractivity (Wildman–Crippen MR) is 72.7 cm³/mol. The summed E-state index contributed by atoms with van der Waals surface area (Å²) in [6.07, 6.45) is 0. The van der Waals surface area contributed by atoms with E-state index in [0.29, 0.717) is 22.3 Å². The van der Waals surface area contributed by atoms with Crippen LogP contribution in [-0.2, 0) is 10.0 Å². The summed E-state index contributed by atoms with van der Waals surface area (Å²) in [5, 5.41) is 3.49. The highest BCUT2D eigenvalue weighted by molar-refractivity contribution is 8.00. The van der Waals surface area contributed by atoms with Gasteiger partial charge in [-0.3, -0.25) is 0 Å². The standard InChI is InChI=1S/C10H11ClN2O2S2/c1-2-16-6-10-12-8-5-7(11)3-4-9(8)17(14,15)13-10/h3-5H,2,6H2,1H3,(H,12,13). The minimum Gasteiger partial charge on any atom is -0.341 e. The van der Waals surface area contributed by atoms with Crippen molar-refractivity contribution in [3.63, 3.8) is 0 Å². The molecule has 0 radical (unpaired) electrons. The number of nitrogens with zero attached hydrogens (tertiary/aromatic N) is 1. The van der Waals surface area contributed by atoms with E-state index in [4.69, 9.17) is 11.6 Å². The Balaban J connectivity index is 2.40.